The van der Waals surface area contributed by atoms with Gasteiger partial charge in [-0.1, -0.05) is 12.1 Å². The molecule has 4 aromatic carbocycles. The summed E-state index contributed by atoms with van der Waals surface area (Å²) in [7, 11) is 12.3. The van der Waals surface area contributed by atoms with Crippen LogP contribution in [0.5, 0.6) is 57.5 Å². The zero-order chi connectivity index (χ0) is 40.3. The summed E-state index contributed by atoms with van der Waals surface area (Å²) >= 11 is 0. The highest BCUT2D eigenvalue weighted by Gasteiger charge is 2.42. The van der Waals surface area contributed by atoms with Crippen molar-refractivity contribution >= 4 is 11.9 Å². The Morgan fingerprint density at radius 1 is 0.518 bits per heavy atom. The summed E-state index contributed by atoms with van der Waals surface area (Å²) < 4.78 is 71.3. The van der Waals surface area contributed by atoms with E-state index in [-0.39, 0.29) is 12.8 Å². The van der Waals surface area contributed by atoms with Crippen LogP contribution in [-0.4, -0.2) is 81.0 Å². The first kappa shape index (κ1) is 39.5. The number of carbonyl (C=O) groups excluding carboxylic acids is 2. The number of rotatable bonds is 13. The van der Waals surface area contributed by atoms with Crippen molar-refractivity contribution in [1.29, 1.82) is 0 Å². The van der Waals surface area contributed by atoms with Gasteiger partial charge >= 0.3 is 11.9 Å². The second-order valence-electron chi connectivity index (χ2n) is 12.9. The van der Waals surface area contributed by atoms with E-state index in [1.54, 1.807) is 64.8 Å². The average molecular weight is 775 g/mol. The molecule has 0 radical (unpaired) electrons. The van der Waals surface area contributed by atoms with Crippen molar-refractivity contribution in [3.8, 4) is 68.6 Å². The maximum atomic E-state index is 12.6. The van der Waals surface area contributed by atoms with Gasteiger partial charge in [0.25, 0.3) is 0 Å². The molecule has 0 saturated heterocycles. The van der Waals surface area contributed by atoms with Gasteiger partial charge in [-0.15, -0.1) is 0 Å². The molecule has 14 heteroatoms. The Kier molecular flexibility index (Phi) is 11.8. The predicted molar refractivity (Wildman–Crippen MR) is 202 cm³/mol. The highest BCUT2D eigenvalue weighted by atomic mass is 16.6. The molecule has 6 rings (SSSR count). The van der Waals surface area contributed by atoms with Crippen LogP contribution in [0, 0.1) is 0 Å². The number of methoxy groups -OCH3 is 8. The van der Waals surface area contributed by atoms with E-state index < -0.39 is 36.4 Å². The fourth-order valence-electron chi connectivity index (χ4n) is 7.43. The van der Waals surface area contributed by atoms with Gasteiger partial charge in [-0.05, 0) is 30.3 Å². The molecular weight excluding hydrogens is 728 g/mol. The zero-order valence-electron chi connectivity index (χ0n) is 33.1. The summed E-state index contributed by atoms with van der Waals surface area (Å²) in [5.74, 6) is 3.41. The molecule has 0 saturated carbocycles. The molecule has 0 bridgehead atoms. The summed E-state index contributed by atoms with van der Waals surface area (Å²) in [6.45, 7) is 2.70. The van der Waals surface area contributed by atoms with E-state index >= 15 is 0 Å². The molecule has 14 nitrogen and oxygen atoms in total. The second-order valence-corrected chi connectivity index (χ2v) is 12.9. The van der Waals surface area contributed by atoms with Crippen LogP contribution in [0.25, 0.3) is 11.1 Å². The monoisotopic (exact) mass is 774 g/mol. The van der Waals surface area contributed by atoms with Gasteiger partial charge in [0.2, 0.25) is 5.75 Å². The van der Waals surface area contributed by atoms with Crippen LogP contribution < -0.4 is 47.4 Å². The topological polar surface area (TPSA) is 145 Å². The molecule has 4 atom stereocenters. The molecule has 2 aliphatic heterocycles. The molecule has 2 aliphatic rings. The number of benzene rings is 4. The Hall–Kier alpha value is -6.18. The Morgan fingerprint density at radius 3 is 1.46 bits per heavy atom. The number of fused-ring (bicyclic) bond motifs is 2. The summed E-state index contributed by atoms with van der Waals surface area (Å²) in [5.41, 5.74) is 3.78. The minimum atomic E-state index is -0.788. The van der Waals surface area contributed by atoms with E-state index in [1.165, 1.54) is 42.3 Å². The first-order valence-corrected chi connectivity index (χ1v) is 17.7. The molecule has 0 amide bonds. The molecular formula is C42H46O14. The SMILES string of the molecule is COc1ccc(C2Oc3cc(OC)c(-c4cc(OC)c(OC)c5c4CC(OC(C)=O)C(c4ccc(OC)c(OC)c4)O5)c(OC)c3CC2OC(C)=O)cc1OC. The van der Waals surface area contributed by atoms with Crippen molar-refractivity contribution in [2.75, 3.05) is 56.9 Å². The predicted octanol–water partition coefficient (Wildman–Crippen LogP) is 6.64. The quantitative estimate of drug-likeness (QED) is 0.134. The van der Waals surface area contributed by atoms with E-state index in [9.17, 15) is 9.59 Å². The normalized spacial score (nSPS) is 18.1. The van der Waals surface area contributed by atoms with Gasteiger partial charge in [0.1, 0.15) is 29.5 Å². The van der Waals surface area contributed by atoms with E-state index in [4.69, 9.17) is 56.8 Å². The number of ether oxygens (including phenoxy) is 12. The molecule has 0 spiro atoms. The lowest BCUT2D eigenvalue weighted by molar-refractivity contribution is -0.153. The number of esters is 2. The lowest BCUT2D eigenvalue weighted by Gasteiger charge is -2.37. The van der Waals surface area contributed by atoms with Crippen LogP contribution in [0.4, 0.5) is 0 Å². The number of carbonyl (C=O) groups is 2. The smallest absolute Gasteiger partial charge is 0.303 e. The van der Waals surface area contributed by atoms with Crippen LogP contribution in [0.15, 0.2) is 48.5 Å². The molecule has 0 fully saturated rings. The Bertz CT molecular complexity index is 2110. The third-order valence-corrected chi connectivity index (χ3v) is 9.82. The Morgan fingerprint density at radius 2 is 1.00 bits per heavy atom. The molecule has 298 valence electrons. The van der Waals surface area contributed by atoms with Crippen molar-refractivity contribution in [1.82, 2.24) is 0 Å². The molecule has 0 aliphatic carbocycles. The molecule has 0 aromatic heterocycles. The van der Waals surface area contributed by atoms with Gasteiger partial charge in [0.15, 0.2) is 46.7 Å². The van der Waals surface area contributed by atoms with Gasteiger partial charge in [0, 0.05) is 60.6 Å². The highest BCUT2D eigenvalue weighted by Crippen LogP contribution is 2.56. The number of hydrogen-bond donors (Lipinski definition) is 0. The highest BCUT2D eigenvalue weighted by molar-refractivity contribution is 5.86. The summed E-state index contributed by atoms with van der Waals surface area (Å²) in [6.07, 6.45) is -2.63. The minimum absolute atomic E-state index is 0.195. The average Bonchev–Trinajstić information content (AvgIpc) is 3.20. The summed E-state index contributed by atoms with van der Waals surface area (Å²) in [6, 6.07) is 14.3. The summed E-state index contributed by atoms with van der Waals surface area (Å²) in [5, 5.41) is 0. The van der Waals surface area contributed by atoms with Crippen LogP contribution in [0.3, 0.4) is 0 Å². The van der Waals surface area contributed by atoms with E-state index in [1.807, 2.05) is 12.1 Å². The standard InChI is InChI=1S/C42H46O14/c1-21(43)53-35-18-26-25(17-34(50-8)42(52-10)41(26)56-39(35)24-12-14-29(46-4)32(16-24)48-6)37-33(49-7)20-30-27(40(37)51-9)19-36(54-22(2)44)38(55-30)23-11-13-28(45-3)31(15-23)47-5/h11-17,20,35-36,38-39H,18-19H2,1-10H3. The van der Waals surface area contributed by atoms with Crippen LogP contribution >= 0.6 is 0 Å². The van der Waals surface area contributed by atoms with Crippen molar-refractivity contribution in [2.24, 2.45) is 0 Å². The van der Waals surface area contributed by atoms with E-state index in [0.717, 1.165) is 0 Å². The number of hydrogen-bond acceptors (Lipinski definition) is 14. The molecule has 56 heavy (non-hydrogen) atoms. The van der Waals surface area contributed by atoms with Crippen molar-refractivity contribution < 1.29 is 66.4 Å². The van der Waals surface area contributed by atoms with Crippen molar-refractivity contribution in [2.45, 2.75) is 51.1 Å². The molecule has 4 aromatic rings. The van der Waals surface area contributed by atoms with E-state index in [2.05, 4.69) is 0 Å². The third kappa shape index (κ3) is 7.30. The van der Waals surface area contributed by atoms with Crippen LogP contribution in [0.1, 0.15) is 48.3 Å². The van der Waals surface area contributed by atoms with Crippen LogP contribution in [0.2, 0.25) is 0 Å². The Balaban J connectivity index is 1.55. The first-order valence-electron chi connectivity index (χ1n) is 17.7. The van der Waals surface area contributed by atoms with Gasteiger partial charge in [0.05, 0.1) is 62.4 Å². The van der Waals surface area contributed by atoms with Crippen LogP contribution in [-0.2, 0) is 31.9 Å². The lowest BCUT2D eigenvalue weighted by Crippen LogP contribution is -2.35. The third-order valence-electron chi connectivity index (χ3n) is 9.82. The summed E-state index contributed by atoms with van der Waals surface area (Å²) in [4.78, 5) is 25.1. The Labute approximate surface area is 325 Å². The minimum Gasteiger partial charge on any atom is -0.496 e. The molecule has 0 N–H and O–H groups in total. The zero-order valence-corrected chi connectivity index (χ0v) is 33.1. The van der Waals surface area contributed by atoms with Crippen molar-refractivity contribution in [3.05, 3.63) is 70.8 Å². The second kappa shape index (κ2) is 16.7. The maximum absolute atomic E-state index is 12.6. The van der Waals surface area contributed by atoms with Crippen molar-refractivity contribution in [3.63, 3.8) is 0 Å². The molecule has 4 unspecified atom stereocenters. The fourth-order valence-corrected chi connectivity index (χ4v) is 7.43. The molecule has 2 heterocycles. The first-order chi connectivity index (χ1) is 27.0. The van der Waals surface area contributed by atoms with Gasteiger partial charge in [-0.3, -0.25) is 9.59 Å². The lowest BCUT2D eigenvalue weighted by atomic mass is 9.85. The maximum Gasteiger partial charge on any atom is 0.303 e. The van der Waals surface area contributed by atoms with E-state index in [0.29, 0.717) is 90.9 Å². The fraction of sp³-hybridized carbons (Fsp3) is 0.381. The van der Waals surface area contributed by atoms with Gasteiger partial charge < -0.3 is 56.8 Å². The largest absolute Gasteiger partial charge is 0.496 e. The van der Waals surface area contributed by atoms with Gasteiger partial charge in [-0.25, -0.2) is 0 Å². The van der Waals surface area contributed by atoms with Gasteiger partial charge in [-0.2, -0.15) is 0 Å².